The summed E-state index contributed by atoms with van der Waals surface area (Å²) in [6.45, 7) is 2.31. The molecule has 21 heavy (non-hydrogen) atoms. The van der Waals surface area contributed by atoms with E-state index in [1.165, 1.54) is 36.0 Å². The van der Waals surface area contributed by atoms with Crippen LogP contribution in [0.2, 0.25) is 0 Å². The van der Waals surface area contributed by atoms with Gasteiger partial charge in [0.2, 0.25) is 0 Å². The van der Waals surface area contributed by atoms with Gasteiger partial charge in [-0.2, -0.15) is 0 Å². The molecular formula is C20H25N. The Bertz CT molecular complexity index is 571. The van der Waals surface area contributed by atoms with E-state index in [0.717, 1.165) is 5.92 Å². The summed E-state index contributed by atoms with van der Waals surface area (Å²) in [6.07, 6.45) is 4.12. The Morgan fingerprint density at radius 1 is 0.952 bits per heavy atom. The van der Waals surface area contributed by atoms with Crippen molar-refractivity contribution in [2.75, 3.05) is 7.05 Å². The average Bonchev–Trinajstić information content (AvgIpc) is 2.47. The lowest BCUT2D eigenvalue weighted by Crippen LogP contribution is -2.22. The standard InChI is InChI=1S/C20H25N/c1-15(16-8-4-3-5-9-16)20(21-2)19-13-7-12-18(14-19)17-10-6-11-17/h3-5,7-9,12-15,17,20-21H,6,10-11H2,1-2H3. The van der Waals surface area contributed by atoms with Crippen LogP contribution in [0.5, 0.6) is 0 Å². The molecule has 0 aromatic heterocycles. The van der Waals surface area contributed by atoms with Gasteiger partial charge < -0.3 is 5.32 Å². The molecule has 0 amide bonds. The minimum Gasteiger partial charge on any atom is -0.312 e. The van der Waals surface area contributed by atoms with Crippen molar-refractivity contribution >= 4 is 0 Å². The molecule has 0 heterocycles. The van der Waals surface area contributed by atoms with Crippen LogP contribution in [0.4, 0.5) is 0 Å². The van der Waals surface area contributed by atoms with Crippen LogP contribution in [0, 0.1) is 0 Å². The highest BCUT2D eigenvalue weighted by atomic mass is 14.9. The number of hydrogen-bond donors (Lipinski definition) is 1. The largest absolute Gasteiger partial charge is 0.312 e. The molecule has 2 atom stereocenters. The lowest BCUT2D eigenvalue weighted by Gasteiger charge is -2.29. The van der Waals surface area contributed by atoms with E-state index in [1.54, 1.807) is 0 Å². The number of rotatable bonds is 5. The SMILES string of the molecule is CNC(c1cccc(C2CCC2)c1)C(C)c1ccccc1. The number of hydrogen-bond acceptors (Lipinski definition) is 1. The molecule has 110 valence electrons. The second-order valence-electron chi connectivity index (χ2n) is 6.26. The Morgan fingerprint density at radius 3 is 2.29 bits per heavy atom. The molecule has 1 N–H and O–H groups in total. The maximum absolute atomic E-state index is 3.52. The van der Waals surface area contributed by atoms with Gasteiger partial charge in [-0.1, -0.05) is 67.9 Å². The summed E-state index contributed by atoms with van der Waals surface area (Å²) in [6, 6.07) is 20.4. The zero-order valence-electron chi connectivity index (χ0n) is 13.0. The summed E-state index contributed by atoms with van der Waals surface area (Å²) in [7, 11) is 2.07. The summed E-state index contributed by atoms with van der Waals surface area (Å²) in [5.74, 6) is 1.27. The first-order chi connectivity index (χ1) is 10.3. The first-order valence-corrected chi connectivity index (χ1v) is 8.11. The molecule has 2 aromatic rings. The van der Waals surface area contributed by atoms with E-state index in [1.807, 2.05) is 0 Å². The molecule has 2 aromatic carbocycles. The second-order valence-corrected chi connectivity index (χ2v) is 6.26. The predicted octanol–water partition coefficient (Wildman–Crippen LogP) is 5.02. The molecule has 0 spiro atoms. The average molecular weight is 279 g/mol. The van der Waals surface area contributed by atoms with Crippen molar-refractivity contribution in [1.82, 2.24) is 5.32 Å². The molecule has 1 aliphatic carbocycles. The van der Waals surface area contributed by atoms with E-state index < -0.39 is 0 Å². The minimum absolute atomic E-state index is 0.368. The van der Waals surface area contributed by atoms with Gasteiger partial charge >= 0.3 is 0 Å². The summed E-state index contributed by atoms with van der Waals surface area (Å²) in [5, 5.41) is 3.52. The van der Waals surface area contributed by atoms with E-state index in [9.17, 15) is 0 Å². The fourth-order valence-electron chi connectivity index (χ4n) is 3.40. The maximum Gasteiger partial charge on any atom is 0.0384 e. The highest BCUT2D eigenvalue weighted by Gasteiger charge is 2.23. The van der Waals surface area contributed by atoms with E-state index in [-0.39, 0.29) is 0 Å². The van der Waals surface area contributed by atoms with Crippen LogP contribution in [-0.2, 0) is 0 Å². The third kappa shape index (κ3) is 3.03. The van der Waals surface area contributed by atoms with E-state index in [2.05, 4.69) is 73.9 Å². The van der Waals surface area contributed by atoms with Crippen LogP contribution in [0.15, 0.2) is 54.6 Å². The lowest BCUT2D eigenvalue weighted by molar-refractivity contribution is 0.418. The Balaban J connectivity index is 1.85. The monoisotopic (exact) mass is 279 g/mol. The summed E-state index contributed by atoms with van der Waals surface area (Å²) < 4.78 is 0. The van der Waals surface area contributed by atoms with Crippen LogP contribution in [0.25, 0.3) is 0 Å². The minimum atomic E-state index is 0.368. The highest BCUT2D eigenvalue weighted by Crippen LogP contribution is 2.38. The Hall–Kier alpha value is -1.60. The van der Waals surface area contributed by atoms with Crippen molar-refractivity contribution < 1.29 is 0 Å². The van der Waals surface area contributed by atoms with Gasteiger partial charge in [0.05, 0.1) is 0 Å². The Kier molecular flexibility index (Phi) is 4.40. The molecular weight excluding hydrogens is 254 g/mol. The third-order valence-electron chi connectivity index (χ3n) is 4.98. The van der Waals surface area contributed by atoms with Crippen molar-refractivity contribution in [2.24, 2.45) is 0 Å². The lowest BCUT2D eigenvalue weighted by atomic mass is 9.78. The van der Waals surface area contributed by atoms with Crippen LogP contribution in [-0.4, -0.2) is 7.05 Å². The first-order valence-electron chi connectivity index (χ1n) is 8.11. The van der Waals surface area contributed by atoms with Crippen molar-refractivity contribution in [3.05, 3.63) is 71.3 Å². The smallest absolute Gasteiger partial charge is 0.0384 e. The number of nitrogens with one attached hydrogen (secondary N) is 1. The molecule has 1 nitrogen and oxygen atoms in total. The summed E-state index contributed by atoms with van der Waals surface area (Å²) >= 11 is 0. The molecule has 1 fully saturated rings. The quantitative estimate of drug-likeness (QED) is 0.810. The van der Waals surface area contributed by atoms with E-state index in [4.69, 9.17) is 0 Å². The molecule has 2 unspecified atom stereocenters. The molecule has 0 bridgehead atoms. The van der Waals surface area contributed by atoms with Gasteiger partial charge in [-0.05, 0) is 42.5 Å². The zero-order chi connectivity index (χ0) is 14.7. The number of benzene rings is 2. The third-order valence-corrected chi connectivity index (χ3v) is 4.98. The van der Waals surface area contributed by atoms with Crippen molar-refractivity contribution in [1.29, 1.82) is 0 Å². The fraction of sp³-hybridized carbons (Fsp3) is 0.400. The molecule has 3 rings (SSSR count). The van der Waals surface area contributed by atoms with Gasteiger partial charge in [0.25, 0.3) is 0 Å². The second kappa shape index (κ2) is 6.44. The van der Waals surface area contributed by atoms with Crippen LogP contribution < -0.4 is 5.32 Å². The van der Waals surface area contributed by atoms with E-state index in [0.29, 0.717) is 12.0 Å². The van der Waals surface area contributed by atoms with Crippen molar-refractivity contribution in [3.63, 3.8) is 0 Å². The Labute approximate surface area is 128 Å². The van der Waals surface area contributed by atoms with Gasteiger partial charge in [0.15, 0.2) is 0 Å². The zero-order valence-corrected chi connectivity index (χ0v) is 13.0. The van der Waals surface area contributed by atoms with Crippen LogP contribution in [0.1, 0.15) is 60.8 Å². The van der Waals surface area contributed by atoms with Gasteiger partial charge in [-0.25, -0.2) is 0 Å². The fourth-order valence-corrected chi connectivity index (χ4v) is 3.40. The maximum atomic E-state index is 3.52. The molecule has 1 saturated carbocycles. The predicted molar refractivity (Wildman–Crippen MR) is 89.7 cm³/mol. The van der Waals surface area contributed by atoms with Gasteiger partial charge in [-0.3, -0.25) is 0 Å². The highest BCUT2D eigenvalue weighted by molar-refractivity contribution is 5.32. The van der Waals surface area contributed by atoms with Crippen LogP contribution >= 0.6 is 0 Å². The topological polar surface area (TPSA) is 12.0 Å². The van der Waals surface area contributed by atoms with Gasteiger partial charge in [0, 0.05) is 12.0 Å². The number of likely N-dealkylation sites (N-methyl/N-ethyl adjacent to an activating group) is 1. The summed E-state index contributed by atoms with van der Waals surface area (Å²) in [5.41, 5.74) is 4.34. The molecule has 0 aliphatic heterocycles. The molecule has 1 aliphatic rings. The molecule has 1 heteroatoms. The van der Waals surface area contributed by atoms with Gasteiger partial charge in [-0.15, -0.1) is 0 Å². The van der Waals surface area contributed by atoms with Crippen molar-refractivity contribution in [2.45, 2.75) is 44.1 Å². The summed E-state index contributed by atoms with van der Waals surface area (Å²) in [4.78, 5) is 0. The molecule has 0 saturated heterocycles. The molecule has 0 radical (unpaired) electrons. The first kappa shape index (κ1) is 14.3. The van der Waals surface area contributed by atoms with E-state index >= 15 is 0 Å². The normalized spacial score (nSPS) is 18.0. The van der Waals surface area contributed by atoms with Crippen LogP contribution in [0.3, 0.4) is 0 Å². The van der Waals surface area contributed by atoms with Crippen molar-refractivity contribution in [3.8, 4) is 0 Å². The van der Waals surface area contributed by atoms with Gasteiger partial charge in [0.1, 0.15) is 0 Å². The Morgan fingerprint density at radius 2 is 1.67 bits per heavy atom.